The fourth-order valence-electron chi connectivity index (χ4n) is 1.71. The lowest BCUT2D eigenvalue weighted by Crippen LogP contribution is -2.12. The Morgan fingerprint density at radius 2 is 1.67 bits per heavy atom. The summed E-state index contributed by atoms with van der Waals surface area (Å²) in [5.41, 5.74) is 1.19. The average molecular weight is 309 g/mol. The summed E-state index contributed by atoms with van der Waals surface area (Å²) in [6, 6.07) is 16.5. The SMILES string of the molecule is Fc1ccccc1OCC(CBr)c1ccccc1. The number of alkyl halides is 1. The molecule has 18 heavy (non-hydrogen) atoms. The Morgan fingerprint density at radius 1 is 1.00 bits per heavy atom. The number of hydrogen-bond donors (Lipinski definition) is 0. The molecule has 0 fully saturated rings. The number of hydrogen-bond acceptors (Lipinski definition) is 1. The van der Waals surface area contributed by atoms with E-state index < -0.39 is 0 Å². The highest BCUT2D eigenvalue weighted by molar-refractivity contribution is 9.09. The molecule has 0 aromatic heterocycles. The van der Waals surface area contributed by atoms with Gasteiger partial charge in [0.1, 0.15) is 0 Å². The third kappa shape index (κ3) is 3.33. The summed E-state index contributed by atoms with van der Waals surface area (Å²) in [7, 11) is 0. The van der Waals surface area contributed by atoms with Crippen molar-refractivity contribution in [1.29, 1.82) is 0 Å². The third-order valence-corrected chi connectivity index (χ3v) is 3.52. The normalized spacial score (nSPS) is 12.1. The average Bonchev–Trinajstić information content (AvgIpc) is 2.42. The van der Waals surface area contributed by atoms with Crippen molar-refractivity contribution in [2.75, 3.05) is 11.9 Å². The van der Waals surface area contributed by atoms with Gasteiger partial charge in [-0.2, -0.15) is 0 Å². The first-order valence-corrected chi connectivity index (χ1v) is 6.91. The Balaban J connectivity index is 2.02. The fourth-order valence-corrected chi connectivity index (χ4v) is 2.27. The lowest BCUT2D eigenvalue weighted by Gasteiger charge is -2.15. The van der Waals surface area contributed by atoms with Crippen LogP contribution in [0.4, 0.5) is 4.39 Å². The lowest BCUT2D eigenvalue weighted by atomic mass is 10.0. The van der Waals surface area contributed by atoms with E-state index in [1.165, 1.54) is 11.6 Å². The number of halogens is 2. The van der Waals surface area contributed by atoms with Gasteiger partial charge < -0.3 is 4.74 Å². The summed E-state index contributed by atoms with van der Waals surface area (Å²) in [5.74, 6) is 0.198. The quantitative estimate of drug-likeness (QED) is 0.745. The van der Waals surface area contributed by atoms with E-state index in [9.17, 15) is 4.39 Å². The molecule has 0 heterocycles. The van der Waals surface area contributed by atoms with E-state index in [1.807, 2.05) is 18.2 Å². The van der Waals surface area contributed by atoms with Crippen LogP contribution in [0.2, 0.25) is 0 Å². The van der Waals surface area contributed by atoms with E-state index in [2.05, 4.69) is 28.1 Å². The fraction of sp³-hybridized carbons (Fsp3) is 0.200. The smallest absolute Gasteiger partial charge is 0.165 e. The van der Waals surface area contributed by atoms with E-state index >= 15 is 0 Å². The van der Waals surface area contributed by atoms with Gasteiger partial charge >= 0.3 is 0 Å². The summed E-state index contributed by atoms with van der Waals surface area (Å²) in [4.78, 5) is 0. The van der Waals surface area contributed by atoms with Crippen molar-refractivity contribution in [3.8, 4) is 5.75 Å². The second kappa shape index (κ2) is 6.55. The lowest BCUT2D eigenvalue weighted by molar-refractivity contribution is 0.284. The molecule has 0 saturated carbocycles. The first-order valence-electron chi connectivity index (χ1n) is 5.79. The van der Waals surface area contributed by atoms with Gasteiger partial charge in [0, 0.05) is 11.2 Å². The Hall–Kier alpha value is -1.35. The molecule has 0 aliphatic heterocycles. The first kappa shape index (κ1) is 13.1. The van der Waals surface area contributed by atoms with Crippen molar-refractivity contribution >= 4 is 15.9 Å². The molecule has 0 saturated heterocycles. The minimum atomic E-state index is -0.320. The highest BCUT2D eigenvalue weighted by atomic mass is 79.9. The minimum Gasteiger partial charge on any atom is -0.490 e. The molecule has 0 spiro atoms. The molecule has 2 aromatic carbocycles. The minimum absolute atomic E-state index is 0.214. The predicted molar refractivity (Wildman–Crippen MR) is 74.9 cm³/mol. The summed E-state index contributed by atoms with van der Waals surface area (Å²) in [6.07, 6.45) is 0. The molecule has 1 nitrogen and oxygen atoms in total. The Bertz CT molecular complexity index is 487. The van der Waals surface area contributed by atoms with Gasteiger partial charge in [-0.3, -0.25) is 0 Å². The van der Waals surface area contributed by atoms with Gasteiger partial charge in [-0.15, -0.1) is 0 Å². The Morgan fingerprint density at radius 3 is 2.33 bits per heavy atom. The molecular formula is C15H14BrFO. The number of benzene rings is 2. The molecule has 0 aliphatic rings. The van der Waals surface area contributed by atoms with Gasteiger partial charge in [0.25, 0.3) is 0 Å². The van der Waals surface area contributed by atoms with Crippen LogP contribution in [0.15, 0.2) is 54.6 Å². The Labute approximate surface area is 115 Å². The van der Waals surface area contributed by atoms with Crippen LogP contribution in [0, 0.1) is 5.82 Å². The molecule has 0 N–H and O–H groups in total. The van der Waals surface area contributed by atoms with Gasteiger partial charge in [-0.25, -0.2) is 4.39 Å². The molecule has 3 heteroatoms. The molecule has 94 valence electrons. The molecule has 0 radical (unpaired) electrons. The van der Waals surface area contributed by atoms with Crippen LogP contribution in [0.25, 0.3) is 0 Å². The van der Waals surface area contributed by atoms with Gasteiger partial charge in [0.05, 0.1) is 6.61 Å². The zero-order chi connectivity index (χ0) is 12.8. The van der Waals surface area contributed by atoms with E-state index in [0.717, 1.165) is 5.33 Å². The largest absolute Gasteiger partial charge is 0.490 e. The predicted octanol–water partition coefficient (Wildman–Crippen LogP) is 4.38. The van der Waals surface area contributed by atoms with Crippen molar-refractivity contribution in [1.82, 2.24) is 0 Å². The molecule has 0 aliphatic carbocycles. The van der Waals surface area contributed by atoms with Crippen molar-refractivity contribution in [3.63, 3.8) is 0 Å². The maximum absolute atomic E-state index is 13.4. The Kier molecular flexibility index (Phi) is 4.76. The van der Waals surface area contributed by atoms with Crippen LogP contribution in [-0.2, 0) is 0 Å². The zero-order valence-corrected chi connectivity index (χ0v) is 11.4. The van der Waals surface area contributed by atoms with Crippen molar-refractivity contribution < 1.29 is 9.13 Å². The van der Waals surface area contributed by atoms with Crippen LogP contribution in [0.5, 0.6) is 5.75 Å². The first-order chi connectivity index (χ1) is 8.81. The van der Waals surface area contributed by atoms with Gasteiger partial charge in [-0.05, 0) is 17.7 Å². The van der Waals surface area contributed by atoms with E-state index in [4.69, 9.17) is 4.74 Å². The van der Waals surface area contributed by atoms with Crippen LogP contribution < -0.4 is 4.74 Å². The highest BCUT2D eigenvalue weighted by Gasteiger charge is 2.11. The van der Waals surface area contributed by atoms with Crippen LogP contribution >= 0.6 is 15.9 Å². The van der Waals surface area contributed by atoms with Gasteiger partial charge in [0.2, 0.25) is 0 Å². The third-order valence-electron chi connectivity index (χ3n) is 2.73. The van der Waals surface area contributed by atoms with E-state index in [1.54, 1.807) is 18.2 Å². The van der Waals surface area contributed by atoms with Crippen molar-refractivity contribution in [3.05, 3.63) is 66.0 Å². The molecule has 1 atom stereocenters. The van der Waals surface area contributed by atoms with Crippen LogP contribution in [0.3, 0.4) is 0 Å². The summed E-state index contributed by atoms with van der Waals surface area (Å²) in [5, 5.41) is 0.783. The second-order valence-electron chi connectivity index (χ2n) is 4.00. The van der Waals surface area contributed by atoms with Gasteiger partial charge in [0.15, 0.2) is 11.6 Å². The highest BCUT2D eigenvalue weighted by Crippen LogP contribution is 2.21. The van der Waals surface area contributed by atoms with Crippen molar-refractivity contribution in [2.45, 2.75) is 5.92 Å². The van der Waals surface area contributed by atoms with Crippen LogP contribution in [0.1, 0.15) is 11.5 Å². The number of ether oxygens (including phenoxy) is 1. The summed E-state index contributed by atoms with van der Waals surface area (Å²) >= 11 is 3.47. The molecule has 0 amide bonds. The standard InChI is InChI=1S/C15H14BrFO/c16-10-13(12-6-2-1-3-7-12)11-18-15-9-5-4-8-14(15)17/h1-9,13H,10-11H2. The molecule has 1 unspecified atom stereocenters. The van der Waals surface area contributed by atoms with E-state index in [0.29, 0.717) is 12.4 Å². The van der Waals surface area contributed by atoms with Crippen LogP contribution in [-0.4, -0.2) is 11.9 Å². The maximum atomic E-state index is 13.4. The molecule has 0 bridgehead atoms. The van der Waals surface area contributed by atoms with Crippen molar-refractivity contribution in [2.24, 2.45) is 0 Å². The summed E-state index contributed by atoms with van der Waals surface area (Å²) in [6.45, 7) is 0.455. The monoisotopic (exact) mass is 308 g/mol. The van der Waals surface area contributed by atoms with Gasteiger partial charge in [-0.1, -0.05) is 58.4 Å². The zero-order valence-electron chi connectivity index (χ0n) is 9.85. The molecule has 2 aromatic rings. The molecular weight excluding hydrogens is 295 g/mol. The topological polar surface area (TPSA) is 9.23 Å². The second-order valence-corrected chi connectivity index (χ2v) is 4.65. The summed E-state index contributed by atoms with van der Waals surface area (Å²) < 4.78 is 18.9. The maximum Gasteiger partial charge on any atom is 0.165 e. The van der Waals surface area contributed by atoms with E-state index in [-0.39, 0.29) is 11.7 Å². The number of rotatable bonds is 5. The molecule has 2 rings (SSSR count). The number of para-hydroxylation sites is 1.